The molecule has 0 saturated carbocycles. The zero-order valence-electron chi connectivity index (χ0n) is 15.8. The first-order chi connectivity index (χ1) is 13.7. The molecule has 0 atom stereocenters. The molecule has 3 heterocycles. The highest BCUT2D eigenvalue weighted by atomic mass is 32.1. The molecule has 28 heavy (non-hydrogen) atoms. The van der Waals surface area contributed by atoms with E-state index >= 15 is 0 Å². The van der Waals surface area contributed by atoms with Crippen LogP contribution in [0.15, 0.2) is 60.7 Å². The molecule has 0 radical (unpaired) electrons. The lowest BCUT2D eigenvalue weighted by molar-refractivity contribution is 1.08. The van der Waals surface area contributed by atoms with E-state index in [1.165, 1.54) is 25.9 Å². The number of fused-ring (bicyclic) bond motifs is 3. The van der Waals surface area contributed by atoms with Crippen LogP contribution in [-0.4, -0.2) is 15.2 Å². The molecule has 5 heteroatoms. The van der Waals surface area contributed by atoms with Gasteiger partial charge in [0, 0.05) is 27.9 Å². The van der Waals surface area contributed by atoms with Crippen molar-refractivity contribution in [2.75, 3.05) is 5.32 Å². The van der Waals surface area contributed by atoms with Crippen molar-refractivity contribution in [2.24, 2.45) is 0 Å². The van der Waals surface area contributed by atoms with Crippen molar-refractivity contribution < 1.29 is 0 Å². The Hall–Kier alpha value is -3.18. The van der Waals surface area contributed by atoms with Gasteiger partial charge in [-0.1, -0.05) is 42.5 Å². The maximum Gasteiger partial charge on any atom is 0.126 e. The second-order valence-corrected chi connectivity index (χ2v) is 8.15. The molecule has 2 aromatic carbocycles. The topological polar surface area (TPSA) is 53.6 Å². The Morgan fingerprint density at radius 2 is 1.82 bits per heavy atom. The van der Waals surface area contributed by atoms with Gasteiger partial charge in [-0.05, 0) is 43.2 Å². The molecule has 0 amide bonds. The fourth-order valence-corrected chi connectivity index (χ4v) is 4.75. The number of nitrogens with zero attached hydrogens (tertiary/aromatic N) is 2. The molecule has 0 aliphatic heterocycles. The summed E-state index contributed by atoms with van der Waals surface area (Å²) >= 11 is 1.79. The van der Waals surface area contributed by atoms with E-state index in [4.69, 9.17) is 0 Å². The van der Waals surface area contributed by atoms with E-state index in [-0.39, 0.29) is 0 Å². The predicted molar refractivity (Wildman–Crippen MR) is 118 cm³/mol. The standard InChI is InChI=1S/C23H20N4S/c1-14-11-15(2)25-20(12-14)24-13-16-7-9-17(10-8-16)21-23-22(27-26-21)18-5-3-4-6-19(18)28-23/h3-12H,13H2,1-2H3,(H,24,25)(H,26,27). The lowest BCUT2D eigenvalue weighted by atomic mass is 10.1. The van der Waals surface area contributed by atoms with E-state index < -0.39 is 0 Å². The van der Waals surface area contributed by atoms with Crippen LogP contribution >= 0.6 is 11.3 Å². The van der Waals surface area contributed by atoms with Crippen molar-refractivity contribution in [3.05, 3.63) is 77.5 Å². The number of benzene rings is 2. The van der Waals surface area contributed by atoms with Crippen molar-refractivity contribution in [1.29, 1.82) is 0 Å². The summed E-state index contributed by atoms with van der Waals surface area (Å²) < 4.78 is 2.50. The fraction of sp³-hybridized carbons (Fsp3) is 0.130. The Morgan fingerprint density at radius 1 is 1.00 bits per heavy atom. The average Bonchev–Trinajstić information content (AvgIpc) is 3.25. The quantitative estimate of drug-likeness (QED) is 0.395. The van der Waals surface area contributed by atoms with Crippen LogP contribution < -0.4 is 5.32 Å². The molecular formula is C23H20N4S. The van der Waals surface area contributed by atoms with Crippen molar-refractivity contribution in [2.45, 2.75) is 20.4 Å². The maximum absolute atomic E-state index is 4.58. The molecule has 0 spiro atoms. The molecule has 5 aromatic rings. The molecule has 0 fully saturated rings. The van der Waals surface area contributed by atoms with E-state index in [1.807, 2.05) is 6.92 Å². The first kappa shape index (κ1) is 17.0. The van der Waals surface area contributed by atoms with Crippen LogP contribution in [0.3, 0.4) is 0 Å². The molecular weight excluding hydrogens is 364 g/mol. The van der Waals surface area contributed by atoms with E-state index in [9.17, 15) is 0 Å². The average molecular weight is 385 g/mol. The van der Waals surface area contributed by atoms with Gasteiger partial charge in [0.05, 0.1) is 10.2 Å². The maximum atomic E-state index is 4.58. The van der Waals surface area contributed by atoms with Gasteiger partial charge in [-0.25, -0.2) is 4.98 Å². The van der Waals surface area contributed by atoms with Crippen molar-refractivity contribution >= 4 is 37.5 Å². The summed E-state index contributed by atoms with van der Waals surface area (Å²) in [6, 6.07) is 21.2. The fourth-order valence-electron chi connectivity index (χ4n) is 3.59. The first-order valence-electron chi connectivity index (χ1n) is 9.31. The molecule has 138 valence electrons. The summed E-state index contributed by atoms with van der Waals surface area (Å²) in [7, 11) is 0. The number of hydrogen-bond donors (Lipinski definition) is 2. The molecule has 3 aromatic heterocycles. The van der Waals surface area contributed by atoms with Crippen molar-refractivity contribution in [1.82, 2.24) is 15.2 Å². The largest absolute Gasteiger partial charge is 0.366 e. The van der Waals surface area contributed by atoms with Gasteiger partial charge in [0.25, 0.3) is 0 Å². The van der Waals surface area contributed by atoms with Crippen LogP contribution in [0.2, 0.25) is 0 Å². The second-order valence-electron chi connectivity index (χ2n) is 7.10. The summed E-state index contributed by atoms with van der Waals surface area (Å²) in [5.41, 5.74) is 6.74. The summed E-state index contributed by atoms with van der Waals surface area (Å²) in [6.45, 7) is 4.86. The van der Waals surface area contributed by atoms with E-state index in [1.54, 1.807) is 11.3 Å². The first-order valence-corrected chi connectivity index (χ1v) is 10.1. The molecule has 0 unspecified atom stereocenters. The minimum Gasteiger partial charge on any atom is -0.366 e. The van der Waals surface area contributed by atoms with Gasteiger partial charge in [-0.3, -0.25) is 5.10 Å². The van der Waals surface area contributed by atoms with Gasteiger partial charge in [0.15, 0.2) is 0 Å². The molecule has 0 aliphatic rings. The highest BCUT2D eigenvalue weighted by molar-refractivity contribution is 7.26. The Balaban J connectivity index is 1.40. The van der Waals surface area contributed by atoms with E-state index in [0.29, 0.717) is 0 Å². The van der Waals surface area contributed by atoms with Crippen LogP contribution in [-0.2, 0) is 6.54 Å². The van der Waals surface area contributed by atoms with Crippen LogP contribution in [0, 0.1) is 13.8 Å². The lowest BCUT2D eigenvalue weighted by Gasteiger charge is -2.08. The minimum absolute atomic E-state index is 0.745. The van der Waals surface area contributed by atoms with Crippen LogP contribution in [0.4, 0.5) is 5.82 Å². The highest BCUT2D eigenvalue weighted by Gasteiger charge is 2.13. The summed E-state index contributed by atoms with van der Waals surface area (Å²) in [5, 5.41) is 12.5. The molecule has 0 saturated heterocycles. The zero-order valence-corrected chi connectivity index (χ0v) is 16.6. The normalized spacial score (nSPS) is 11.4. The molecule has 0 bridgehead atoms. The molecule has 2 N–H and O–H groups in total. The molecule has 0 aliphatic carbocycles. The number of aryl methyl sites for hydroxylation is 2. The lowest BCUT2D eigenvalue weighted by Crippen LogP contribution is -2.02. The number of aromatic amines is 1. The smallest absolute Gasteiger partial charge is 0.126 e. The van der Waals surface area contributed by atoms with Gasteiger partial charge >= 0.3 is 0 Å². The minimum atomic E-state index is 0.745. The molecule has 5 rings (SSSR count). The third-order valence-corrected chi connectivity index (χ3v) is 6.07. The van der Waals surface area contributed by atoms with Gasteiger partial charge in [0.2, 0.25) is 0 Å². The van der Waals surface area contributed by atoms with E-state index in [0.717, 1.165) is 34.8 Å². The number of nitrogens with one attached hydrogen (secondary N) is 2. The number of rotatable bonds is 4. The summed E-state index contributed by atoms with van der Waals surface area (Å²) in [4.78, 5) is 4.54. The Morgan fingerprint density at radius 3 is 2.64 bits per heavy atom. The monoisotopic (exact) mass is 384 g/mol. The third-order valence-electron chi connectivity index (χ3n) is 4.89. The number of aromatic nitrogens is 3. The summed E-state index contributed by atoms with van der Waals surface area (Å²) in [5.74, 6) is 0.917. The van der Waals surface area contributed by atoms with Crippen molar-refractivity contribution in [3.63, 3.8) is 0 Å². The van der Waals surface area contributed by atoms with Crippen LogP contribution in [0.5, 0.6) is 0 Å². The van der Waals surface area contributed by atoms with Crippen LogP contribution in [0.1, 0.15) is 16.8 Å². The summed E-state index contributed by atoms with van der Waals surface area (Å²) in [6.07, 6.45) is 0. The van der Waals surface area contributed by atoms with Gasteiger partial charge in [-0.2, -0.15) is 5.10 Å². The zero-order chi connectivity index (χ0) is 19.1. The number of anilines is 1. The highest BCUT2D eigenvalue weighted by Crippen LogP contribution is 2.38. The number of pyridine rings is 1. The van der Waals surface area contributed by atoms with Gasteiger partial charge < -0.3 is 5.32 Å². The number of thiophene rings is 1. The van der Waals surface area contributed by atoms with Gasteiger partial charge in [0.1, 0.15) is 11.5 Å². The Kier molecular flexibility index (Phi) is 4.10. The predicted octanol–water partition coefficient (Wildman–Crippen LogP) is 6.07. The van der Waals surface area contributed by atoms with E-state index in [2.05, 4.69) is 88.1 Å². The van der Waals surface area contributed by atoms with Crippen LogP contribution in [0.25, 0.3) is 31.6 Å². The number of hydrogen-bond acceptors (Lipinski definition) is 4. The second kappa shape index (κ2) is 6.77. The van der Waals surface area contributed by atoms with Gasteiger partial charge in [-0.15, -0.1) is 11.3 Å². The van der Waals surface area contributed by atoms with Crippen molar-refractivity contribution in [3.8, 4) is 11.3 Å². The SMILES string of the molecule is Cc1cc(C)nc(NCc2ccc(-c3n[nH]c4c3sc3ccccc34)cc2)c1. The Labute approximate surface area is 167 Å². The third kappa shape index (κ3) is 3.04. The number of H-pyrrole nitrogens is 1. The molecule has 4 nitrogen and oxygen atoms in total. The Bertz CT molecular complexity index is 1260.